The summed E-state index contributed by atoms with van der Waals surface area (Å²) in [5, 5.41) is 9.37. The molecule has 1 unspecified atom stereocenters. The van der Waals surface area contributed by atoms with E-state index in [1.807, 2.05) is 24.8 Å². The molecular formula is C15H19N3O2. The van der Waals surface area contributed by atoms with Gasteiger partial charge in [0.15, 0.2) is 0 Å². The molecule has 0 spiro atoms. The Bertz CT molecular complexity index is 563. The molecule has 1 saturated heterocycles. The number of nitriles is 1. The lowest BCUT2D eigenvalue weighted by molar-refractivity contribution is -0.142. The van der Waals surface area contributed by atoms with Crippen LogP contribution in [0.1, 0.15) is 36.2 Å². The zero-order valence-corrected chi connectivity index (χ0v) is 12.1. The fourth-order valence-electron chi connectivity index (χ4n) is 2.77. The van der Waals surface area contributed by atoms with Gasteiger partial charge < -0.3 is 9.64 Å². The van der Waals surface area contributed by atoms with Gasteiger partial charge in [0.05, 0.1) is 24.1 Å². The maximum atomic E-state index is 12.0. The van der Waals surface area contributed by atoms with Gasteiger partial charge in [0.2, 0.25) is 0 Å². The van der Waals surface area contributed by atoms with Crippen molar-refractivity contribution < 1.29 is 9.53 Å². The number of hydrogen-bond donors (Lipinski definition) is 0. The normalized spacial score (nSPS) is 18.5. The van der Waals surface area contributed by atoms with Crippen molar-refractivity contribution in [1.29, 1.82) is 5.26 Å². The highest BCUT2D eigenvalue weighted by atomic mass is 16.5. The number of aromatic nitrogens is 1. The number of ether oxygens (including phenoxy) is 1. The van der Waals surface area contributed by atoms with E-state index in [1.54, 1.807) is 0 Å². The van der Waals surface area contributed by atoms with E-state index in [9.17, 15) is 10.1 Å². The first-order valence-electron chi connectivity index (χ1n) is 6.81. The first kappa shape index (κ1) is 14.3. The van der Waals surface area contributed by atoms with Crippen molar-refractivity contribution in [3.8, 4) is 6.07 Å². The summed E-state index contributed by atoms with van der Waals surface area (Å²) in [6, 6.07) is 3.79. The molecule has 1 atom stereocenters. The summed E-state index contributed by atoms with van der Waals surface area (Å²) in [7, 11) is 1.41. The predicted octanol–water partition coefficient (Wildman–Crippen LogP) is 2.10. The number of carbonyl (C=O) groups is 1. The summed E-state index contributed by atoms with van der Waals surface area (Å²) >= 11 is 0. The largest absolute Gasteiger partial charge is 0.467 e. The van der Waals surface area contributed by atoms with E-state index in [2.05, 4.69) is 11.1 Å². The van der Waals surface area contributed by atoms with Gasteiger partial charge in [-0.2, -0.15) is 5.26 Å². The average molecular weight is 273 g/mol. The van der Waals surface area contributed by atoms with Gasteiger partial charge in [-0.15, -0.1) is 0 Å². The molecule has 106 valence electrons. The fourth-order valence-corrected chi connectivity index (χ4v) is 2.77. The van der Waals surface area contributed by atoms with Crippen LogP contribution in [0.3, 0.4) is 0 Å². The van der Waals surface area contributed by atoms with Crippen molar-refractivity contribution in [2.24, 2.45) is 0 Å². The van der Waals surface area contributed by atoms with Gasteiger partial charge in [-0.25, -0.2) is 4.79 Å². The number of rotatable bonds is 2. The van der Waals surface area contributed by atoms with Gasteiger partial charge in [0.25, 0.3) is 0 Å². The SMILES string of the molecule is COC(=O)C1CCCCN1c1cc(C)nc(C)c1C#N. The quantitative estimate of drug-likeness (QED) is 0.772. The maximum absolute atomic E-state index is 12.0. The molecule has 5 heteroatoms. The third kappa shape index (κ3) is 2.60. The fraction of sp³-hybridized carbons (Fsp3) is 0.533. The second kappa shape index (κ2) is 5.91. The van der Waals surface area contributed by atoms with Crippen molar-refractivity contribution in [3.63, 3.8) is 0 Å². The monoisotopic (exact) mass is 273 g/mol. The molecule has 2 rings (SSSR count). The number of pyridine rings is 1. The summed E-state index contributed by atoms with van der Waals surface area (Å²) in [6.45, 7) is 4.48. The molecule has 0 N–H and O–H groups in total. The van der Waals surface area contributed by atoms with E-state index < -0.39 is 0 Å². The second-order valence-corrected chi connectivity index (χ2v) is 5.08. The first-order valence-corrected chi connectivity index (χ1v) is 6.81. The summed E-state index contributed by atoms with van der Waals surface area (Å²) < 4.78 is 4.90. The van der Waals surface area contributed by atoms with E-state index in [0.29, 0.717) is 11.3 Å². The van der Waals surface area contributed by atoms with Crippen molar-refractivity contribution >= 4 is 11.7 Å². The molecule has 20 heavy (non-hydrogen) atoms. The van der Waals surface area contributed by atoms with Crippen LogP contribution in [0.5, 0.6) is 0 Å². The van der Waals surface area contributed by atoms with Crippen molar-refractivity contribution in [2.75, 3.05) is 18.6 Å². The Hall–Kier alpha value is -2.09. The van der Waals surface area contributed by atoms with Gasteiger partial charge in [-0.3, -0.25) is 4.98 Å². The van der Waals surface area contributed by atoms with Crippen molar-refractivity contribution in [3.05, 3.63) is 23.0 Å². The number of methoxy groups -OCH3 is 1. The third-order valence-corrected chi connectivity index (χ3v) is 3.70. The smallest absolute Gasteiger partial charge is 0.328 e. The molecule has 0 radical (unpaired) electrons. The Labute approximate surface area is 119 Å². The van der Waals surface area contributed by atoms with Gasteiger partial charge in [-0.1, -0.05) is 0 Å². The number of aryl methyl sites for hydroxylation is 2. The van der Waals surface area contributed by atoms with Crippen LogP contribution in [-0.2, 0) is 9.53 Å². The molecule has 1 aromatic rings. The lowest BCUT2D eigenvalue weighted by atomic mass is 9.99. The number of esters is 1. The van der Waals surface area contributed by atoms with Crippen LogP contribution in [0.2, 0.25) is 0 Å². The number of nitrogens with zero attached hydrogens (tertiary/aromatic N) is 3. The Morgan fingerprint density at radius 2 is 2.25 bits per heavy atom. The Morgan fingerprint density at radius 1 is 1.50 bits per heavy atom. The number of carbonyl (C=O) groups excluding carboxylic acids is 1. The summed E-state index contributed by atoms with van der Waals surface area (Å²) in [6.07, 6.45) is 2.78. The van der Waals surface area contributed by atoms with Gasteiger partial charge in [-0.05, 0) is 39.2 Å². The molecule has 0 amide bonds. The third-order valence-electron chi connectivity index (χ3n) is 3.70. The van der Waals surface area contributed by atoms with E-state index in [4.69, 9.17) is 4.74 Å². The van der Waals surface area contributed by atoms with Crippen LogP contribution in [0, 0.1) is 25.2 Å². The van der Waals surface area contributed by atoms with Gasteiger partial charge in [0.1, 0.15) is 12.1 Å². The summed E-state index contributed by atoms with van der Waals surface area (Å²) in [4.78, 5) is 18.3. The standard InChI is InChI=1S/C15H19N3O2/c1-10-8-14(12(9-16)11(2)17-10)18-7-5-4-6-13(18)15(19)20-3/h8,13H,4-7H2,1-3H3. The molecule has 2 heterocycles. The van der Waals surface area contributed by atoms with Crippen LogP contribution in [-0.4, -0.2) is 30.6 Å². The van der Waals surface area contributed by atoms with E-state index in [-0.39, 0.29) is 12.0 Å². The Morgan fingerprint density at radius 3 is 2.90 bits per heavy atom. The van der Waals surface area contributed by atoms with Crippen LogP contribution in [0.4, 0.5) is 5.69 Å². The number of anilines is 1. The minimum Gasteiger partial charge on any atom is -0.467 e. The minimum atomic E-state index is -0.304. The molecule has 5 nitrogen and oxygen atoms in total. The zero-order valence-electron chi connectivity index (χ0n) is 12.1. The van der Waals surface area contributed by atoms with E-state index in [0.717, 1.165) is 37.2 Å². The Balaban J connectivity index is 2.47. The predicted molar refractivity (Wildman–Crippen MR) is 75.4 cm³/mol. The van der Waals surface area contributed by atoms with Crippen LogP contribution in [0.15, 0.2) is 6.07 Å². The highest BCUT2D eigenvalue weighted by molar-refractivity contribution is 5.81. The summed E-state index contributed by atoms with van der Waals surface area (Å²) in [5.41, 5.74) is 2.90. The van der Waals surface area contributed by atoms with Gasteiger partial charge in [0, 0.05) is 12.2 Å². The number of piperidine rings is 1. The van der Waals surface area contributed by atoms with E-state index in [1.165, 1.54) is 7.11 Å². The van der Waals surface area contributed by atoms with Crippen LogP contribution in [0.25, 0.3) is 0 Å². The Kier molecular flexibility index (Phi) is 4.23. The zero-order chi connectivity index (χ0) is 14.7. The molecule has 1 fully saturated rings. The first-order chi connectivity index (χ1) is 9.58. The highest BCUT2D eigenvalue weighted by Crippen LogP contribution is 2.30. The second-order valence-electron chi connectivity index (χ2n) is 5.08. The lowest BCUT2D eigenvalue weighted by Gasteiger charge is -2.36. The minimum absolute atomic E-state index is 0.235. The van der Waals surface area contributed by atoms with Gasteiger partial charge >= 0.3 is 5.97 Å². The van der Waals surface area contributed by atoms with Crippen molar-refractivity contribution in [1.82, 2.24) is 4.98 Å². The molecule has 0 aliphatic carbocycles. The molecule has 1 aromatic heterocycles. The average Bonchev–Trinajstić information content (AvgIpc) is 2.45. The molecule has 0 aromatic carbocycles. The molecule has 1 aliphatic heterocycles. The van der Waals surface area contributed by atoms with Crippen LogP contribution < -0.4 is 4.90 Å². The lowest BCUT2D eigenvalue weighted by Crippen LogP contribution is -2.45. The van der Waals surface area contributed by atoms with E-state index >= 15 is 0 Å². The van der Waals surface area contributed by atoms with Crippen LogP contribution >= 0.6 is 0 Å². The molecular weight excluding hydrogens is 254 g/mol. The molecule has 0 saturated carbocycles. The topological polar surface area (TPSA) is 66.2 Å². The summed E-state index contributed by atoms with van der Waals surface area (Å²) in [5.74, 6) is -0.235. The number of hydrogen-bond acceptors (Lipinski definition) is 5. The highest BCUT2D eigenvalue weighted by Gasteiger charge is 2.31. The molecule has 1 aliphatic rings. The maximum Gasteiger partial charge on any atom is 0.328 e. The molecule has 0 bridgehead atoms. The van der Waals surface area contributed by atoms with Crippen molar-refractivity contribution in [2.45, 2.75) is 39.2 Å².